The number of hydrazone groups is 1. The summed E-state index contributed by atoms with van der Waals surface area (Å²) in [6.45, 7) is 1.90. The maximum Gasteiger partial charge on any atom is 0.231 e. The summed E-state index contributed by atoms with van der Waals surface area (Å²) >= 11 is 4.81. The third kappa shape index (κ3) is 4.09. The summed E-state index contributed by atoms with van der Waals surface area (Å²) in [6.07, 6.45) is 1.61. The van der Waals surface area contributed by atoms with Crippen molar-refractivity contribution in [3.05, 3.63) is 84.1 Å². The van der Waals surface area contributed by atoms with Crippen molar-refractivity contribution in [2.75, 3.05) is 0 Å². The second-order valence-electron chi connectivity index (χ2n) is 6.40. The molecule has 144 valence electrons. The van der Waals surface area contributed by atoms with Gasteiger partial charge in [0, 0.05) is 0 Å². The molecule has 0 saturated heterocycles. The van der Waals surface area contributed by atoms with Crippen LogP contribution in [-0.2, 0) is 0 Å². The molecular weight excluding hydrogens is 382 g/mol. The van der Waals surface area contributed by atoms with E-state index in [0.29, 0.717) is 11.6 Å². The van der Waals surface area contributed by atoms with E-state index < -0.39 is 0 Å². The molecular formula is C22H19N5OS. The van der Waals surface area contributed by atoms with Gasteiger partial charge in [-0.15, -0.1) is 0 Å². The number of hydrogen-bond acceptors (Lipinski definition) is 4. The van der Waals surface area contributed by atoms with Gasteiger partial charge in [-0.2, -0.15) is 14.9 Å². The zero-order valence-electron chi connectivity index (χ0n) is 15.7. The second kappa shape index (κ2) is 8.12. The first-order valence-electron chi connectivity index (χ1n) is 9.02. The topological polar surface area (TPSA) is 77.5 Å². The molecule has 0 unspecified atom stereocenters. The van der Waals surface area contributed by atoms with Gasteiger partial charge in [0.2, 0.25) is 5.88 Å². The van der Waals surface area contributed by atoms with Crippen LogP contribution in [0.4, 0.5) is 0 Å². The van der Waals surface area contributed by atoms with Crippen molar-refractivity contribution in [1.29, 1.82) is 0 Å². The number of benzene rings is 3. The minimum atomic E-state index is 0.0892. The molecule has 1 heterocycles. The lowest BCUT2D eigenvalue weighted by atomic mass is 10.1. The lowest BCUT2D eigenvalue weighted by molar-refractivity contribution is 0.444. The number of nitrogens with one attached hydrogen (secondary N) is 1. The summed E-state index contributed by atoms with van der Waals surface area (Å²) in [5.41, 5.74) is 10.4. The Hall–Kier alpha value is -3.71. The SMILES string of the molecule is Cc1nn(-c2ccccc2)c(Oc2ccc3ccccc3c2)c1/C=N/NC(N)=S. The van der Waals surface area contributed by atoms with Crippen LogP contribution in [0.5, 0.6) is 11.6 Å². The number of aromatic nitrogens is 2. The molecule has 7 heteroatoms. The van der Waals surface area contributed by atoms with Gasteiger partial charge >= 0.3 is 0 Å². The molecule has 0 aliphatic rings. The van der Waals surface area contributed by atoms with Crippen molar-refractivity contribution in [3.63, 3.8) is 0 Å². The van der Waals surface area contributed by atoms with Gasteiger partial charge < -0.3 is 10.5 Å². The van der Waals surface area contributed by atoms with E-state index in [4.69, 9.17) is 22.7 Å². The normalized spacial score (nSPS) is 11.1. The van der Waals surface area contributed by atoms with Crippen molar-refractivity contribution < 1.29 is 4.74 Å². The fraction of sp³-hybridized carbons (Fsp3) is 0.0455. The average molecular weight is 401 g/mol. The monoisotopic (exact) mass is 401 g/mol. The fourth-order valence-electron chi connectivity index (χ4n) is 3.01. The van der Waals surface area contributed by atoms with E-state index in [9.17, 15) is 0 Å². The number of rotatable bonds is 5. The summed E-state index contributed by atoms with van der Waals surface area (Å²) in [7, 11) is 0. The fourth-order valence-corrected chi connectivity index (χ4v) is 3.06. The van der Waals surface area contributed by atoms with Crippen LogP contribution in [0.2, 0.25) is 0 Å². The Morgan fingerprint density at radius 2 is 1.79 bits per heavy atom. The first-order valence-corrected chi connectivity index (χ1v) is 9.43. The Morgan fingerprint density at radius 3 is 2.55 bits per heavy atom. The molecule has 6 nitrogen and oxygen atoms in total. The minimum absolute atomic E-state index is 0.0892. The van der Waals surface area contributed by atoms with Crippen molar-refractivity contribution in [2.45, 2.75) is 6.92 Å². The predicted octanol–water partition coefficient (Wildman–Crippen LogP) is 4.29. The lowest BCUT2D eigenvalue weighted by Crippen LogP contribution is -2.24. The van der Waals surface area contributed by atoms with Crippen LogP contribution in [0, 0.1) is 6.92 Å². The number of para-hydroxylation sites is 1. The highest BCUT2D eigenvalue weighted by molar-refractivity contribution is 7.80. The van der Waals surface area contributed by atoms with Crippen LogP contribution in [0.3, 0.4) is 0 Å². The van der Waals surface area contributed by atoms with Gasteiger partial charge in [0.15, 0.2) is 5.11 Å². The van der Waals surface area contributed by atoms with E-state index in [0.717, 1.165) is 27.7 Å². The van der Waals surface area contributed by atoms with Gasteiger partial charge in [-0.1, -0.05) is 48.5 Å². The Bertz CT molecular complexity index is 1200. The van der Waals surface area contributed by atoms with Gasteiger partial charge in [0.05, 0.1) is 23.2 Å². The molecule has 0 fully saturated rings. The van der Waals surface area contributed by atoms with Gasteiger partial charge in [-0.3, -0.25) is 5.43 Å². The van der Waals surface area contributed by atoms with E-state index in [1.54, 1.807) is 10.9 Å². The summed E-state index contributed by atoms with van der Waals surface area (Å²) < 4.78 is 8.06. The highest BCUT2D eigenvalue weighted by Crippen LogP contribution is 2.31. The molecule has 4 rings (SSSR count). The van der Waals surface area contributed by atoms with E-state index in [1.807, 2.05) is 67.6 Å². The molecule has 4 aromatic rings. The van der Waals surface area contributed by atoms with Crippen LogP contribution in [0.15, 0.2) is 77.9 Å². The Kier molecular flexibility index (Phi) is 5.22. The number of ether oxygens (including phenoxy) is 1. The van der Waals surface area contributed by atoms with Crippen molar-refractivity contribution in [1.82, 2.24) is 15.2 Å². The highest BCUT2D eigenvalue weighted by Gasteiger charge is 2.18. The summed E-state index contributed by atoms with van der Waals surface area (Å²) in [4.78, 5) is 0. The molecule has 3 aromatic carbocycles. The standard InChI is InChI=1S/C22H19N5OS/c1-15-20(14-24-25-22(23)29)21(27(26-15)18-9-3-2-4-10-18)28-19-12-11-16-7-5-6-8-17(16)13-19/h2-14H,1H3,(H3,23,25,29)/b24-14+. The van der Waals surface area contributed by atoms with Gasteiger partial charge in [0.25, 0.3) is 0 Å². The number of thiocarbonyl (C=S) groups is 1. The lowest BCUT2D eigenvalue weighted by Gasteiger charge is -2.11. The molecule has 0 atom stereocenters. The first-order chi connectivity index (χ1) is 14.1. The summed E-state index contributed by atoms with van der Waals surface area (Å²) in [6, 6.07) is 23.9. The number of hydrogen-bond donors (Lipinski definition) is 2. The van der Waals surface area contributed by atoms with Gasteiger partial charge in [0.1, 0.15) is 5.75 Å². The molecule has 0 spiro atoms. The van der Waals surface area contributed by atoms with Crippen LogP contribution >= 0.6 is 12.2 Å². The predicted molar refractivity (Wildman–Crippen MR) is 120 cm³/mol. The smallest absolute Gasteiger partial charge is 0.231 e. The summed E-state index contributed by atoms with van der Waals surface area (Å²) in [5.74, 6) is 1.26. The van der Waals surface area contributed by atoms with E-state index >= 15 is 0 Å². The van der Waals surface area contributed by atoms with Crippen LogP contribution < -0.4 is 15.9 Å². The maximum atomic E-state index is 6.30. The first kappa shape index (κ1) is 18.6. The average Bonchev–Trinajstić information content (AvgIpc) is 3.04. The quantitative estimate of drug-likeness (QED) is 0.296. The Labute approximate surface area is 173 Å². The van der Waals surface area contributed by atoms with E-state index in [2.05, 4.69) is 27.8 Å². The Morgan fingerprint density at radius 1 is 1.07 bits per heavy atom. The molecule has 0 amide bonds. The largest absolute Gasteiger partial charge is 0.438 e. The van der Waals surface area contributed by atoms with Crippen molar-refractivity contribution in [2.24, 2.45) is 10.8 Å². The molecule has 3 N–H and O–H groups in total. The van der Waals surface area contributed by atoms with Gasteiger partial charge in [-0.25, -0.2) is 0 Å². The number of nitrogens with zero attached hydrogens (tertiary/aromatic N) is 3. The number of nitrogens with two attached hydrogens (primary N) is 1. The van der Waals surface area contributed by atoms with Gasteiger partial charge in [-0.05, 0) is 54.2 Å². The molecule has 29 heavy (non-hydrogen) atoms. The molecule has 0 radical (unpaired) electrons. The third-order valence-electron chi connectivity index (χ3n) is 4.37. The molecule has 0 aliphatic heterocycles. The molecule has 0 aliphatic carbocycles. The third-order valence-corrected chi connectivity index (χ3v) is 4.46. The number of fused-ring (bicyclic) bond motifs is 1. The second-order valence-corrected chi connectivity index (χ2v) is 6.84. The minimum Gasteiger partial charge on any atom is -0.438 e. The molecule has 1 aromatic heterocycles. The van der Waals surface area contributed by atoms with E-state index in [-0.39, 0.29) is 5.11 Å². The Balaban J connectivity index is 1.79. The van der Waals surface area contributed by atoms with Crippen molar-refractivity contribution >= 4 is 34.3 Å². The highest BCUT2D eigenvalue weighted by atomic mass is 32.1. The summed E-state index contributed by atoms with van der Waals surface area (Å²) in [5, 5.41) is 11.1. The zero-order chi connectivity index (χ0) is 20.2. The molecule has 0 saturated carbocycles. The zero-order valence-corrected chi connectivity index (χ0v) is 16.6. The van der Waals surface area contributed by atoms with Crippen LogP contribution in [0.25, 0.3) is 16.5 Å². The molecule has 0 bridgehead atoms. The van der Waals surface area contributed by atoms with E-state index in [1.165, 1.54) is 0 Å². The van der Waals surface area contributed by atoms with Crippen molar-refractivity contribution in [3.8, 4) is 17.3 Å². The maximum absolute atomic E-state index is 6.30. The number of aryl methyl sites for hydroxylation is 1. The van der Waals surface area contributed by atoms with Crippen LogP contribution in [0.1, 0.15) is 11.3 Å². The van der Waals surface area contributed by atoms with Crippen LogP contribution in [-0.4, -0.2) is 21.1 Å².